The second-order valence-electron chi connectivity index (χ2n) is 7.14. The van der Waals surface area contributed by atoms with E-state index in [-0.39, 0.29) is 11.9 Å². The standard InChI is InChI=1S/C20H22N2O3S/c1-14-12-17-13-16(9-10-19(17)22(14)26(2,24)25)20(23)21-11-5-7-15-6-3-4-8-18(15)21/h3-4,6,8-10,13-14H,5,7,11-12H2,1-2H3. The summed E-state index contributed by atoms with van der Waals surface area (Å²) in [5.74, 6) is -0.0228. The number of amides is 1. The minimum Gasteiger partial charge on any atom is -0.308 e. The van der Waals surface area contributed by atoms with Crippen molar-refractivity contribution in [1.29, 1.82) is 0 Å². The Morgan fingerprint density at radius 2 is 1.85 bits per heavy atom. The van der Waals surface area contributed by atoms with Crippen molar-refractivity contribution in [3.63, 3.8) is 0 Å². The third-order valence-corrected chi connectivity index (χ3v) is 6.46. The number of aryl methyl sites for hydroxylation is 1. The summed E-state index contributed by atoms with van der Waals surface area (Å²) in [5, 5.41) is 0. The number of fused-ring (bicyclic) bond motifs is 2. The predicted octanol–water partition coefficient (Wildman–Crippen LogP) is 2.99. The smallest absolute Gasteiger partial charge is 0.258 e. The van der Waals surface area contributed by atoms with Crippen LogP contribution in [0, 0.1) is 0 Å². The zero-order valence-corrected chi connectivity index (χ0v) is 15.8. The molecule has 0 radical (unpaired) electrons. The first-order valence-corrected chi connectivity index (χ1v) is 10.7. The highest BCUT2D eigenvalue weighted by atomic mass is 32.2. The van der Waals surface area contributed by atoms with Crippen LogP contribution in [0.4, 0.5) is 11.4 Å². The van der Waals surface area contributed by atoms with E-state index in [4.69, 9.17) is 0 Å². The molecule has 1 amide bonds. The first-order valence-electron chi connectivity index (χ1n) is 8.88. The number of carbonyl (C=O) groups excluding carboxylic acids is 1. The summed E-state index contributed by atoms with van der Waals surface area (Å²) < 4.78 is 25.6. The lowest BCUT2D eigenvalue weighted by Gasteiger charge is -2.29. The molecule has 0 N–H and O–H groups in total. The van der Waals surface area contributed by atoms with Crippen LogP contribution in [0.3, 0.4) is 0 Å². The van der Waals surface area contributed by atoms with Gasteiger partial charge in [-0.15, -0.1) is 0 Å². The first-order chi connectivity index (χ1) is 12.4. The Labute approximate surface area is 154 Å². The highest BCUT2D eigenvalue weighted by molar-refractivity contribution is 7.92. The van der Waals surface area contributed by atoms with E-state index in [0.717, 1.165) is 24.1 Å². The maximum absolute atomic E-state index is 13.1. The van der Waals surface area contributed by atoms with Crippen molar-refractivity contribution in [3.05, 3.63) is 59.2 Å². The molecule has 136 valence electrons. The summed E-state index contributed by atoms with van der Waals surface area (Å²) in [4.78, 5) is 15.0. The molecule has 1 unspecified atom stereocenters. The number of rotatable bonds is 2. The molecule has 0 spiro atoms. The molecule has 4 rings (SSSR count). The minimum atomic E-state index is -3.32. The number of hydrogen-bond donors (Lipinski definition) is 0. The van der Waals surface area contributed by atoms with E-state index in [2.05, 4.69) is 6.07 Å². The van der Waals surface area contributed by atoms with Crippen molar-refractivity contribution in [2.45, 2.75) is 32.2 Å². The average molecular weight is 370 g/mol. The van der Waals surface area contributed by atoms with Gasteiger partial charge in [0.05, 0.1) is 11.9 Å². The molecular weight excluding hydrogens is 348 g/mol. The van der Waals surface area contributed by atoms with E-state index in [1.165, 1.54) is 16.1 Å². The summed E-state index contributed by atoms with van der Waals surface area (Å²) in [6.07, 6.45) is 3.79. The van der Waals surface area contributed by atoms with E-state index in [1.807, 2.05) is 36.1 Å². The number of sulfonamides is 1. The lowest BCUT2D eigenvalue weighted by atomic mass is 10.00. The Morgan fingerprint density at radius 1 is 1.08 bits per heavy atom. The molecule has 0 saturated carbocycles. The van der Waals surface area contributed by atoms with Gasteiger partial charge in [0.15, 0.2) is 0 Å². The third kappa shape index (κ3) is 2.78. The molecule has 2 heterocycles. The van der Waals surface area contributed by atoms with Gasteiger partial charge in [0.25, 0.3) is 5.91 Å². The fraction of sp³-hybridized carbons (Fsp3) is 0.350. The van der Waals surface area contributed by atoms with Gasteiger partial charge in [0.2, 0.25) is 10.0 Å². The predicted molar refractivity (Wildman–Crippen MR) is 103 cm³/mol. The Kier molecular flexibility index (Phi) is 4.03. The van der Waals surface area contributed by atoms with Crippen molar-refractivity contribution in [2.75, 3.05) is 22.0 Å². The molecule has 2 aromatic carbocycles. The number of anilines is 2. The van der Waals surface area contributed by atoms with Crippen molar-refractivity contribution in [1.82, 2.24) is 0 Å². The Hall–Kier alpha value is -2.34. The lowest BCUT2D eigenvalue weighted by molar-refractivity contribution is 0.0985. The van der Waals surface area contributed by atoms with Gasteiger partial charge in [-0.25, -0.2) is 8.42 Å². The van der Waals surface area contributed by atoms with Crippen molar-refractivity contribution in [3.8, 4) is 0 Å². The van der Waals surface area contributed by atoms with Gasteiger partial charge in [-0.05, 0) is 61.6 Å². The fourth-order valence-corrected chi connectivity index (χ4v) is 5.41. The summed E-state index contributed by atoms with van der Waals surface area (Å²) in [5.41, 5.74) is 4.40. The van der Waals surface area contributed by atoms with Gasteiger partial charge in [0, 0.05) is 23.8 Å². The molecule has 0 aromatic heterocycles. The molecule has 0 fully saturated rings. The van der Waals surface area contributed by atoms with Gasteiger partial charge >= 0.3 is 0 Å². The van der Waals surface area contributed by atoms with Crippen LogP contribution in [0.5, 0.6) is 0 Å². The number of carbonyl (C=O) groups is 1. The molecule has 6 heteroatoms. The first kappa shape index (κ1) is 17.1. The highest BCUT2D eigenvalue weighted by Gasteiger charge is 2.33. The molecule has 0 bridgehead atoms. The maximum atomic E-state index is 13.1. The number of benzene rings is 2. The zero-order valence-electron chi connectivity index (χ0n) is 15.0. The summed E-state index contributed by atoms with van der Waals surface area (Å²) in [7, 11) is -3.32. The number of hydrogen-bond acceptors (Lipinski definition) is 3. The van der Waals surface area contributed by atoms with Crippen LogP contribution < -0.4 is 9.21 Å². The second kappa shape index (κ2) is 6.13. The monoisotopic (exact) mass is 370 g/mol. The van der Waals surface area contributed by atoms with Gasteiger partial charge in [-0.1, -0.05) is 18.2 Å². The van der Waals surface area contributed by atoms with E-state index < -0.39 is 10.0 Å². The van der Waals surface area contributed by atoms with Crippen LogP contribution >= 0.6 is 0 Å². The topological polar surface area (TPSA) is 57.7 Å². The van der Waals surface area contributed by atoms with E-state index in [1.54, 1.807) is 12.1 Å². The number of nitrogens with zero attached hydrogens (tertiary/aromatic N) is 2. The van der Waals surface area contributed by atoms with Crippen LogP contribution in [0.2, 0.25) is 0 Å². The van der Waals surface area contributed by atoms with E-state index >= 15 is 0 Å². The molecule has 5 nitrogen and oxygen atoms in total. The fourth-order valence-electron chi connectivity index (χ4n) is 4.14. The van der Waals surface area contributed by atoms with Gasteiger partial charge in [0.1, 0.15) is 0 Å². The van der Waals surface area contributed by atoms with Crippen LogP contribution in [0.15, 0.2) is 42.5 Å². The molecular formula is C20H22N2O3S. The van der Waals surface area contributed by atoms with Gasteiger partial charge < -0.3 is 4.90 Å². The van der Waals surface area contributed by atoms with E-state index in [0.29, 0.717) is 24.2 Å². The molecule has 2 aliphatic heterocycles. The Balaban J connectivity index is 1.69. The van der Waals surface area contributed by atoms with Crippen LogP contribution in [-0.2, 0) is 22.9 Å². The average Bonchev–Trinajstić information content (AvgIpc) is 2.95. The SMILES string of the molecule is CC1Cc2cc(C(=O)N3CCCc4ccccc43)ccc2N1S(C)(=O)=O. The zero-order chi connectivity index (χ0) is 18.5. The van der Waals surface area contributed by atoms with Crippen LogP contribution in [-0.4, -0.2) is 33.2 Å². The van der Waals surface area contributed by atoms with Crippen LogP contribution in [0.1, 0.15) is 34.8 Å². The maximum Gasteiger partial charge on any atom is 0.258 e. The minimum absolute atomic E-state index is 0.0228. The van der Waals surface area contributed by atoms with Crippen molar-refractivity contribution < 1.29 is 13.2 Å². The van der Waals surface area contributed by atoms with Crippen molar-refractivity contribution in [2.24, 2.45) is 0 Å². The summed E-state index contributed by atoms with van der Waals surface area (Å²) in [6, 6.07) is 13.3. The van der Waals surface area contributed by atoms with E-state index in [9.17, 15) is 13.2 Å². The Bertz CT molecular complexity index is 984. The molecule has 2 aliphatic rings. The molecule has 26 heavy (non-hydrogen) atoms. The lowest BCUT2D eigenvalue weighted by Crippen LogP contribution is -2.35. The Morgan fingerprint density at radius 3 is 2.62 bits per heavy atom. The molecule has 0 saturated heterocycles. The molecule has 2 aromatic rings. The van der Waals surface area contributed by atoms with Gasteiger partial charge in [-0.3, -0.25) is 9.10 Å². The quantitative estimate of drug-likeness (QED) is 0.817. The number of para-hydroxylation sites is 1. The normalized spacial score (nSPS) is 19.2. The molecule has 0 aliphatic carbocycles. The molecule has 1 atom stereocenters. The largest absolute Gasteiger partial charge is 0.308 e. The summed E-state index contributed by atoms with van der Waals surface area (Å²) >= 11 is 0. The van der Waals surface area contributed by atoms with Gasteiger partial charge in [-0.2, -0.15) is 0 Å². The summed E-state index contributed by atoms with van der Waals surface area (Å²) in [6.45, 7) is 2.60. The van der Waals surface area contributed by atoms with Crippen LogP contribution in [0.25, 0.3) is 0 Å². The third-order valence-electron chi connectivity index (χ3n) is 5.19. The highest BCUT2D eigenvalue weighted by Crippen LogP contribution is 2.35. The van der Waals surface area contributed by atoms with Crippen molar-refractivity contribution >= 4 is 27.3 Å². The second-order valence-corrected chi connectivity index (χ2v) is 9.00.